The minimum Gasteiger partial charge on any atom is -0.419 e. The van der Waals surface area contributed by atoms with E-state index in [9.17, 15) is 9.59 Å². The molecule has 0 spiro atoms. The fourth-order valence-electron chi connectivity index (χ4n) is 0.977. The van der Waals surface area contributed by atoms with Crippen molar-refractivity contribution in [3.63, 3.8) is 0 Å². The molecule has 1 atom stereocenters. The van der Waals surface area contributed by atoms with E-state index in [1.807, 2.05) is 0 Å². The van der Waals surface area contributed by atoms with Gasteiger partial charge in [0.05, 0.1) is 25.4 Å². The maximum absolute atomic E-state index is 11.4. The van der Waals surface area contributed by atoms with Crippen molar-refractivity contribution in [3.8, 4) is 0 Å². The molecule has 5 nitrogen and oxygen atoms in total. The molecule has 0 saturated carbocycles. The molecule has 0 N–H and O–H groups in total. The highest BCUT2D eigenvalue weighted by molar-refractivity contribution is 5.89. The van der Waals surface area contributed by atoms with Gasteiger partial charge in [-0.25, -0.2) is 9.59 Å². The Morgan fingerprint density at radius 2 is 1.94 bits per heavy atom. The highest BCUT2D eigenvalue weighted by atomic mass is 16.5. The van der Waals surface area contributed by atoms with Gasteiger partial charge in [0.15, 0.2) is 12.2 Å². The third-order valence-corrected chi connectivity index (χ3v) is 1.79. The normalized spacial score (nSPS) is 10.9. The third-order valence-electron chi connectivity index (χ3n) is 1.79. The summed E-state index contributed by atoms with van der Waals surface area (Å²) in [5, 5.41) is 0. The minimum atomic E-state index is -0.769. The molecule has 5 heteroatoms. The van der Waals surface area contributed by atoms with E-state index < -0.39 is 12.1 Å². The first-order valence-electron chi connectivity index (χ1n) is 5.17. The quantitative estimate of drug-likeness (QED) is 0.146. The summed E-state index contributed by atoms with van der Waals surface area (Å²) in [7, 11) is 0. The van der Waals surface area contributed by atoms with Gasteiger partial charge in [0, 0.05) is 0 Å². The minimum absolute atomic E-state index is 0.0485. The van der Waals surface area contributed by atoms with Gasteiger partial charge in [-0.15, -0.1) is 13.2 Å². The topological polar surface area (TPSA) is 61.8 Å². The van der Waals surface area contributed by atoms with Crippen LogP contribution in [0, 0.1) is 0 Å². The van der Waals surface area contributed by atoms with Crippen LogP contribution in [0.3, 0.4) is 0 Å². The third kappa shape index (κ3) is 6.60. The van der Waals surface area contributed by atoms with Gasteiger partial charge >= 0.3 is 5.97 Å². The maximum atomic E-state index is 11.4. The Hall–Kier alpha value is -1.94. The van der Waals surface area contributed by atoms with Crippen molar-refractivity contribution >= 4 is 11.9 Å². The van der Waals surface area contributed by atoms with Gasteiger partial charge in [0.25, 0.3) is 0 Å². The lowest BCUT2D eigenvalue weighted by Crippen LogP contribution is -2.27. The Kier molecular flexibility index (Phi) is 9.13. The number of hydrogen-bond donors (Lipinski definition) is 0. The standard InChI is InChI=1S/C13H16O5/c1-4-7-16-10-12(17-8-5-2)11(3)13(15)18-9-6-14/h4-5,9,12H,1-3,7-8,10H2. The van der Waals surface area contributed by atoms with E-state index in [0.29, 0.717) is 12.9 Å². The van der Waals surface area contributed by atoms with E-state index in [1.54, 1.807) is 6.08 Å². The maximum Gasteiger partial charge on any atom is 0.341 e. The van der Waals surface area contributed by atoms with Crippen molar-refractivity contribution in [2.24, 2.45) is 0 Å². The van der Waals surface area contributed by atoms with Crippen molar-refractivity contribution in [2.75, 3.05) is 19.8 Å². The molecule has 0 amide bonds. The number of carbonyl (C=O) groups excluding carboxylic acids is 2. The summed E-state index contributed by atoms with van der Waals surface area (Å²) < 4.78 is 14.9. The molecule has 0 aliphatic heterocycles. The van der Waals surface area contributed by atoms with E-state index in [1.165, 1.54) is 12.0 Å². The fraction of sp³-hybridized carbons (Fsp3) is 0.308. The lowest BCUT2D eigenvalue weighted by Gasteiger charge is -2.17. The fourth-order valence-corrected chi connectivity index (χ4v) is 0.977. The number of hydrogen-bond acceptors (Lipinski definition) is 5. The van der Waals surface area contributed by atoms with Crippen LogP contribution < -0.4 is 0 Å². The zero-order chi connectivity index (χ0) is 13.8. The van der Waals surface area contributed by atoms with Crippen LogP contribution in [0.4, 0.5) is 0 Å². The summed E-state index contributed by atoms with van der Waals surface area (Å²) in [6.07, 6.45) is 3.05. The van der Waals surface area contributed by atoms with Gasteiger partial charge in [-0.05, 0) is 0 Å². The van der Waals surface area contributed by atoms with E-state index >= 15 is 0 Å². The van der Waals surface area contributed by atoms with Gasteiger partial charge in [-0.2, -0.15) is 0 Å². The van der Waals surface area contributed by atoms with Gasteiger partial charge < -0.3 is 14.2 Å². The number of carbonyl (C=O) groups is 1. The molecule has 0 radical (unpaired) electrons. The summed E-state index contributed by atoms with van der Waals surface area (Å²) in [5.74, 6) is 0.558. The van der Waals surface area contributed by atoms with Crippen LogP contribution in [-0.2, 0) is 23.8 Å². The first-order valence-corrected chi connectivity index (χ1v) is 5.17. The van der Waals surface area contributed by atoms with Crippen LogP contribution in [0.15, 0.2) is 43.7 Å². The van der Waals surface area contributed by atoms with E-state index in [0.717, 1.165) is 0 Å². The van der Waals surface area contributed by atoms with Crippen molar-refractivity contribution in [3.05, 3.63) is 43.7 Å². The second-order valence-electron chi connectivity index (χ2n) is 3.10. The molecule has 1 unspecified atom stereocenters. The Labute approximate surface area is 106 Å². The summed E-state index contributed by atoms with van der Waals surface area (Å²) >= 11 is 0. The Balaban J connectivity index is 4.45. The molecule has 0 fully saturated rings. The molecule has 0 aromatic heterocycles. The number of ether oxygens (including phenoxy) is 3. The molecule has 0 rings (SSSR count). The number of esters is 1. The molecule has 0 aliphatic rings. The predicted octanol–water partition coefficient (Wildman–Crippen LogP) is 1.20. The summed E-state index contributed by atoms with van der Waals surface area (Å²) in [5.41, 5.74) is 0.0485. The largest absolute Gasteiger partial charge is 0.419 e. The lowest BCUT2D eigenvalue weighted by molar-refractivity contribution is -0.135. The van der Waals surface area contributed by atoms with Crippen LogP contribution in [0.25, 0.3) is 0 Å². The molecular weight excluding hydrogens is 236 g/mol. The molecular formula is C13H16O5. The smallest absolute Gasteiger partial charge is 0.341 e. The van der Waals surface area contributed by atoms with Crippen LogP contribution in [0.2, 0.25) is 0 Å². The highest BCUT2D eigenvalue weighted by Gasteiger charge is 2.20. The van der Waals surface area contributed by atoms with Gasteiger partial charge in [0.2, 0.25) is 0 Å². The zero-order valence-corrected chi connectivity index (χ0v) is 10.1. The van der Waals surface area contributed by atoms with Crippen LogP contribution in [-0.4, -0.2) is 37.8 Å². The monoisotopic (exact) mass is 252 g/mol. The molecule has 0 aromatic rings. The zero-order valence-electron chi connectivity index (χ0n) is 10.1. The van der Waals surface area contributed by atoms with Crippen LogP contribution in [0.5, 0.6) is 0 Å². The number of rotatable bonds is 10. The average molecular weight is 252 g/mol. The predicted molar refractivity (Wildman–Crippen MR) is 66.4 cm³/mol. The van der Waals surface area contributed by atoms with E-state index in [2.05, 4.69) is 24.5 Å². The summed E-state index contributed by atoms with van der Waals surface area (Å²) in [6, 6.07) is 0. The van der Waals surface area contributed by atoms with Gasteiger partial charge in [0.1, 0.15) is 6.10 Å². The van der Waals surface area contributed by atoms with Gasteiger partial charge in [-0.1, -0.05) is 18.7 Å². The van der Waals surface area contributed by atoms with Crippen molar-refractivity contribution < 1.29 is 23.8 Å². The van der Waals surface area contributed by atoms with Crippen molar-refractivity contribution in [2.45, 2.75) is 6.10 Å². The molecule has 0 aliphatic carbocycles. The second-order valence-corrected chi connectivity index (χ2v) is 3.10. The molecule has 18 heavy (non-hydrogen) atoms. The van der Waals surface area contributed by atoms with Gasteiger partial charge in [-0.3, -0.25) is 0 Å². The second kappa shape index (κ2) is 10.2. The molecule has 0 bridgehead atoms. The van der Waals surface area contributed by atoms with E-state index in [4.69, 9.17) is 9.47 Å². The summed E-state index contributed by atoms with van der Waals surface area (Å²) in [4.78, 5) is 21.3. The molecule has 0 heterocycles. The SMILES string of the molecule is C=CCOCC(OCC=C)C(=C)C(=O)OC=C=O. The van der Waals surface area contributed by atoms with E-state index in [-0.39, 0.29) is 18.8 Å². The molecule has 0 aromatic carbocycles. The van der Waals surface area contributed by atoms with Crippen LogP contribution in [0.1, 0.15) is 0 Å². The average Bonchev–Trinajstić information content (AvgIpc) is 2.39. The van der Waals surface area contributed by atoms with Crippen LogP contribution >= 0.6 is 0 Å². The Morgan fingerprint density at radius 3 is 2.50 bits per heavy atom. The summed E-state index contributed by atoms with van der Waals surface area (Å²) in [6.45, 7) is 11.2. The first-order chi connectivity index (χ1) is 8.67. The lowest BCUT2D eigenvalue weighted by atomic mass is 10.2. The molecule has 98 valence electrons. The molecule has 0 saturated heterocycles. The van der Waals surface area contributed by atoms with Crippen molar-refractivity contribution in [1.29, 1.82) is 0 Å². The van der Waals surface area contributed by atoms with Crippen molar-refractivity contribution in [1.82, 2.24) is 0 Å². The first kappa shape index (κ1) is 16.1. The Bertz CT molecular complexity index is 352. The highest BCUT2D eigenvalue weighted by Crippen LogP contribution is 2.08. The Morgan fingerprint density at radius 1 is 1.28 bits per heavy atom.